The number of hydrogen-bond acceptors (Lipinski definition) is 3. The fourth-order valence-corrected chi connectivity index (χ4v) is 4.68. The number of aromatic nitrogens is 1. The van der Waals surface area contributed by atoms with Gasteiger partial charge in [-0.25, -0.2) is 12.7 Å². The molecule has 5 nitrogen and oxygen atoms in total. The van der Waals surface area contributed by atoms with Crippen molar-refractivity contribution in [1.29, 1.82) is 0 Å². The molecule has 0 aliphatic carbocycles. The summed E-state index contributed by atoms with van der Waals surface area (Å²) in [6.07, 6.45) is 4.31. The van der Waals surface area contributed by atoms with Gasteiger partial charge in [0.1, 0.15) is 0 Å². The van der Waals surface area contributed by atoms with Crippen LogP contribution in [0.5, 0.6) is 0 Å². The van der Waals surface area contributed by atoms with E-state index in [2.05, 4.69) is 4.98 Å². The fourth-order valence-electron chi connectivity index (χ4n) is 3.08. The third-order valence-electron chi connectivity index (χ3n) is 4.36. The highest BCUT2D eigenvalue weighted by atomic mass is 32.2. The third-order valence-corrected chi connectivity index (χ3v) is 6.21. The van der Waals surface area contributed by atoms with Gasteiger partial charge in [0.05, 0.1) is 5.75 Å². The van der Waals surface area contributed by atoms with Crippen LogP contribution in [0.3, 0.4) is 0 Å². The number of nitrogens with one attached hydrogen (secondary N) is 1. The number of sulfonamides is 1. The summed E-state index contributed by atoms with van der Waals surface area (Å²) in [4.78, 5) is 4.52. The number of fused-ring (bicyclic) bond motifs is 1. The highest BCUT2D eigenvalue weighted by molar-refractivity contribution is 7.88. The molecule has 2 aromatic rings. The average molecular weight is 338 g/mol. The Morgan fingerprint density at radius 3 is 2.87 bits per heavy atom. The molecule has 1 aliphatic heterocycles. The van der Waals surface area contributed by atoms with Crippen LogP contribution in [-0.4, -0.2) is 56.3 Å². The number of likely N-dealkylation sites (N-methyl/N-ethyl adjacent to an activating group) is 1. The molecule has 1 N–H and O–H groups in total. The fraction of sp³-hybridized carbons (Fsp3) is 0.529. The molecule has 0 atom stereocenters. The van der Waals surface area contributed by atoms with Crippen molar-refractivity contribution in [2.45, 2.75) is 25.0 Å². The van der Waals surface area contributed by atoms with E-state index in [-0.39, 0.29) is 5.75 Å². The van der Waals surface area contributed by atoms with Crippen molar-refractivity contribution in [3.8, 4) is 0 Å². The minimum Gasteiger partial charge on any atom is -0.361 e. The summed E-state index contributed by atoms with van der Waals surface area (Å²) in [7, 11) is -1.70. The van der Waals surface area contributed by atoms with E-state index in [1.165, 1.54) is 4.90 Å². The van der Waals surface area contributed by atoms with Crippen molar-refractivity contribution in [2.24, 2.45) is 0 Å². The molecular formula is C17H25N3O2S. The van der Waals surface area contributed by atoms with E-state index in [0.717, 1.165) is 34.9 Å². The molecule has 23 heavy (non-hydrogen) atoms. The maximum atomic E-state index is 12.5. The normalized spacial score (nSPS) is 19.1. The molecule has 6 heteroatoms. The lowest BCUT2D eigenvalue weighted by Gasteiger charge is -2.15. The van der Waals surface area contributed by atoms with Gasteiger partial charge in [0.25, 0.3) is 0 Å². The predicted octanol–water partition coefficient (Wildman–Crippen LogP) is 2.20. The minimum atomic E-state index is -3.28. The molecule has 1 aromatic heterocycles. The molecule has 126 valence electrons. The first-order valence-electron chi connectivity index (χ1n) is 9.45. The van der Waals surface area contributed by atoms with Crippen LogP contribution in [0.4, 0.5) is 0 Å². The van der Waals surface area contributed by atoms with Crippen LogP contribution in [0.15, 0.2) is 24.4 Å². The Balaban J connectivity index is 1.77. The van der Waals surface area contributed by atoms with Gasteiger partial charge in [-0.1, -0.05) is 6.07 Å². The Kier molecular flexibility index (Phi) is 3.74. The average Bonchev–Trinajstić information content (AvgIpc) is 3.21. The lowest BCUT2D eigenvalue weighted by molar-refractivity contribution is 0.414. The molecule has 0 spiro atoms. The largest absolute Gasteiger partial charge is 0.361 e. The Morgan fingerprint density at radius 1 is 1.35 bits per heavy atom. The van der Waals surface area contributed by atoms with Crippen LogP contribution in [0, 0.1) is 0 Å². The zero-order valence-corrected chi connectivity index (χ0v) is 14.2. The van der Waals surface area contributed by atoms with Gasteiger partial charge < -0.3 is 9.88 Å². The Morgan fingerprint density at radius 2 is 2.13 bits per heavy atom. The SMILES string of the molecule is [2H]C([2H])([2H])N(C)CCc1c[nH]c2ccc(CS(=O)(=O)N3CCCC3)cc12. The second kappa shape index (κ2) is 6.63. The quantitative estimate of drug-likeness (QED) is 0.878. The van der Waals surface area contributed by atoms with Crippen molar-refractivity contribution in [1.82, 2.24) is 14.2 Å². The lowest BCUT2D eigenvalue weighted by atomic mass is 10.1. The van der Waals surface area contributed by atoms with Gasteiger partial charge in [-0.15, -0.1) is 0 Å². The molecule has 1 aliphatic rings. The van der Waals surface area contributed by atoms with E-state index in [0.29, 0.717) is 26.1 Å². The number of aromatic amines is 1. The zero-order valence-electron chi connectivity index (χ0n) is 16.4. The van der Waals surface area contributed by atoms with Gasteiger partial charge in [-0.05, 0) is 56.5 Å². The molecule has 1 saturated heterocycles. The minimum absolute atomic E-state index is 0.00271. The van der Waals surface area contributed by atoms with Crippen LogP contribution in [0.25, 0.3) is 10.9 Å². The van der Waals surface area contributed by atoms with Crippen molar-refractivity contribution >= 4 is 20.9 Å². The van der Waals surface area contributed by atoms with Crippen molar-refractivity contribution in [3.63, 3.8) is 0 Å². The maximum Gasteiger partial charge on any atom is 0.218 e. The van der Waals surface area contributed by atoms with Gasteiger partial charge in [-0.2, -0.15) is 0 Å². The first-order valence-corrected chi connectivity index (χ1v) is 9.56. The number of rotatable bonds is 6. The van der Waals surface area contributed by atoms with Crippen molar-refractivity contribution in [3.05, 3.63) is 35.5 Å². The van der Waals surface area contributed by atoms with E-state index in [9.17, 15) is 8.42 Å². The monoisotopic (exact) mass is 338 g/mol. The molecule has 1 aromatic carbocycles. The molecule has 0 saturated carbocycles. The number of hydrogen-bond donors (Lipinski definition) is 1. The van der Waals surface area contributed by atoms with Gasteiger partial charge in [0.15, 0.2) is 0 Å². The Hall–Kier alpha value is -1.37. The first kappa shape index (κ1) is 13.0. The van der Waals surface area contributed by atoms with Gasteiger partial charge >= 0.3 is 0 Å². The summed E-state index contributed by atoms with van der Waals surface area (Å²) in [6, 6.07) is 5.63. The maximum absolute atomic E-state index is 12.5. The topological polar surface area (TPSA) is 56.4 Å². The van der Waals surface area contributed by atoms with Crippen molar-refractivity contribution in [2.75, 3.05) is 33.7 Å². The molecule has 0 radical (unpaired) electrons. The molecule has 0 bridgehead atoms. The molecule has 0 unspecified atom stereocenters. The van der Waals surface area contributed by atoms with Crippen LogP contribution in [-0.2, 0) is 22.2 Å². The smallest absolute Gasteiger partial charge is 0.218 e. The van der Waals surface area contributed by atoms with E-state index < -0.39 is 17.0 Å². The number of benzene rings is 1. The van der Waals surface area contributed by atoms with Crippen molar-refractivity contribution < 1.29 is 12.5 Å². The van der Waals surface area contributed by atoms with E-state index >= 15 is 0 Å². The Labute approximate surface area is 142 Å². The van der Waals surface area contributed by atoms with Crippen LogP contribution in [0.2, 0.25) is 0 Å². The van der Waals surface area contributed by atoms with Crippen LogP contribution >= 0.6 is 0 Å². The summed E-state index contributed by atoms with van der Waals surface area (Å²) in [5.41, 5.74) is 2.69. The molecule has 1 fully saturated rings. The van der Waals surface area contributed by atoms with Gasteiger partial charge in [-0.3, -0.25) is 0 Å². The number of nitrogens with zero attached hydrogens (tertiary/aromatic N) is 2. The second-order valence-corrected chi connectivity index (χ2v) is 8.20. The van der Waals surface area contributed by atoms with E-state index in [1.807, 2.05) is 24.4 Å². The highest BCUT2D eigenvalue weighted by Crippen LogP contribution is 2.23. The first-order chi connectivity index (χ1) is 12.2. The molecule has 2 heterocycles. The zero-order chi connectivity index (χ0) is 18.9. The third kappa shape index (κ3) is 3.76. The second-order valence-electron chi connectivity index (χ2n) is 6.23. The lowest BCUT2D eigenvalue weighted by Crippen LogP contribution is -2.29. The van der Waals surface area contributed by atoms with Gasteiger partial charge in [0, 0.05) is 40.8 Å². The standard InChI is InChI=1S/C17H25N3O2S/c1-19(2)10-7-15-12-18-17-6-5-14(11-16(15)17)13-23(21,22)20-8-3-4-9-20/h5-6,11-12,18H,3-4,7-10,13H2,1-2H3/i1D3. The molecule has 0 amide bonds. The summed E-state index contributed by atoms with van der Waals surface area (Å²) < 4.78 is 48.9. The van der Waals surface area contributed by atoms with Gasteiger partial charge in [0.2, 0.25) is 10.0 Å². The predicted molar refractivity (Wildman–Crippen MR) is 94.0 cm³/mol. The van der Waals surface area contributed by atoms with E-state index in [1.54, 1.807) is 11.4 Å². The highest BCUT2D eigenvalue weighted by Gasteiger charge is 2.25. The summed E-state index contributed by atoms with van der Waals surface area (Å²) in [5, 5.41) is 0.957. The number of H-pyrrole nitrogens is 1. The summed E-state index contributed by atoms with van der Waals surface area (Å²) in [5.74, 6) is 0.00271. The molecular weight excluding hydrogens is 310 g/mol. The van der Waals surface area contributed by atoms with E-state index in [4.69, 9.17) is 4.11 Å². The van der Waals surface area contributed by atoms with Crippen LogP contribution in [0.1, 0.15) is 28.1 Å². The summed E-state index contributed by atoms with van der Waals surface area (Å²) >= 11 is 0. The Bertz CT molecular complexity index is 871. The van der Waals surface area contributed by atoms with Crippen LogP contribution < -0.4 is 0 Å². The summed E-state index contributed by atoms with van der Waals surface area (Å²) in [6.45, 7) is -0.482. The molecule has 3 rings (SSSR count).